The molecule has 2 rings (SSSR count). The van der Waals surface area contributed by atoms with Crippen LogP contribution >= 0.6 is 0 Å². The molecule has 156 valence electrons. The summed E-state index contributed by atoms with van der Waals surface area (Å²) in [5, 5.41) is 11.2. The molecule has 0 radical (unpaired) electrons. The molecule has 0 aliphatic carbocycles. The average molecular weight is 420 g/mol. The van der Waals surface area contributed by atoms with Crippen molar-refractivity contribution in [3.63, 3.8) is 0 Å². The molecule has 11 heteroatoms. The van der Waals surface area contributed by atoms with Crippen molar-refractivity contribution in [2.24, 2.45) is 0 Å². The van der Waals surface area contributed by atoms with E-state index in [0.29, 0.717) is 0 Å². The van der Waals surface area contributed by atoms with Gasteiger partial charge in [-0.2, -0.15) is 8.78 Å². The number of rotatable bonds is 6. The molecule has 1 heterocycles. The second-order valence-corrected chi connectivity index (χ2v) is 9.19. The lowest BCUT2D eigenvalue weighted by atomic mass is 9.79. The Balaban J connectivity index is 2.72. The van der Waals surface area contributed by atoms with Crippen LogP contribution in [-0.2, 0) is 26.4 Å². The van der Waals surface area contributed by atoms with Crippen molar-refractivity contribution in [2.75, 3.05) is 13.2 Å². The predicted octanol–water partition coefficient (Wildman–Crippen LogP) is 2.82. The topological polar surface area (TPSA) is 114 Å². The Morgan fingerprint density at radius 3 is 2.61 bits per heavy atom. The first-order valence-corrected chi connectivity index (χ1v) is 9.68. The van der Waals surface area contributed by atoms with Gasteiger partial charge in [0.1, 0.15) is 10.5 Å². The fourth-order valence-corrected chi connectivity index (χ4v) is 3.71. The number of halogens is 2. The van der Waals surface area contributed by atoms with Crippen molar-refractivity contribution in [1.29, 1.82) is 0 Å². The average Bonchev–Trinajstić information content (AvgIpc) is 2.60. The van der Waals surface area contributed by atoms with E-state index in [1.165, 1.54) is 13.0 Å². The molecular weight excluding hydrogens is 398 g/mol. The van der Waals surface area contributed by atoms with E-state index in [9.17, 15) is 19.5 Å². The number of ether oxygens (including phenoxy) is 2. The first-order valence-electron chi connectivity index (χ1n) is 8.53. The third-order valence-corrected chi connectivity index (χ3v) is 5.91. The van der Waals surface area contributed by atoms with Crippen LogP contribution in [-0.4, -0.2) is 39.3 Å². The Morgan fingerprint density at radius 2 is 2.07 bits per heavy atom. The number of nitro groups is 1. The molecular formula is C17H22F2N2O6S. The van der Waals surface area contributed by atoms with E-state index in [1.54, 1.807) is 20.8 Å². The number of benzene rings is 1. The Kier molecular flexibility index (Phi) is 6.22. The number of alkyl halides is 2. The molecule has 1 unspecified atom stereocenters. The number of esters is 1. The van der Waals surface area contributed by atoms with Gasteiger partial charge in [0, 0.05) is 35.5 Å². The standard InChI is InChI=1S/C17H22F2N2O6S/c1-5-26-14(22)17(18,19)16(20-28(25)15(2,3)4)8-9-27-13-7-6-11(21(23)24)10-12(13)16/h6-7,10,20H,5,8-9H2,1-4H3/t16?,28-/m1/s1. The summed E-state index contributed by atoms with van der Waals surface area (Å²) in [6.07, 6.45) is -0.450. The minimum absolute atomic E-state index is 0.0563. The molecule has 28 heavy (non-hydrogen) atoms. The summed E-state index contributed by atoms with van der Waals surface area (Å²) >= 11 is -2.03. The van der Waals surface area contributed by atoms with Crippen LogP contribution in [0.25, 0.3) is 0 Å². The zero-order valence-corrected chi connectivity index (χ0v) is 16.7. The van der Waals surface area contributed by atoms with E-state index in [4.69, 9.17) is 4.74 Å². The Bertz CT molecular complexity index is 771. The summed E-state index contributed by atoms with van der Waals surface area (Å²) in [6, 6.07) is 3.21. The lowest BCUT2D eigenvalue weighted by molar-refractivity contribution is -0.385. The number of nitrogens with zero attached hydrogens (tertiary/aromatic N) is 1. The Morgan fingerprint density at radius 1 is 1.43 bits per heavy atom. The normalized spacial score (nSPS) is 20.7. The van der Waals surface area contributed by atoms with Crippen LogP contribution in [0.1, 0.15) is 39.7 Å². The molecule has 0 saturated carbocycles. The van der Waals surface area contributed by atoms with Crippen molar-refractivity contribution in [2.45, 2.75) is 50.3 Å². The van der Waals surface area contributed by atoms with Crippen LogP contribution in [0.2, 0.25) is 0 Å². The number of non-ortho nitro benzene ring substituents is 1. The van der Waals surface area contributed by atoms with Crippen molar-refractivity contribution in [3.8, 4) is 5.75 Å². The maximum absolute atomic E-state index is 15.4. The van der Waals surface area contributed by atoms with Crippen LogP contribution in [0.4, 0.5) is 14.5 Å². The van der Waals surface area contributed by atoms with Gasteiger partial charge in [-0.05, 0) is 33.8 Å². The second kappa shape index (κ2) is 7.80. The molecule has 0 bridgehead atoms. The van der Waals surface area contributed by atoms with Crippen LogP contribution in [0.3, 0.4) is 0 Å². The summed E-state index contributed by atoms with van der Waals surface area (Å²) in [5.41, 5.74) is -3.28. The van der Waals surface area contributed by atoms with Gasteiger partial charge < -0.3 is 14.0 Å². The lowest BCUT2D eigenvalue weighted by Gasteiger charge is -2.43. The summed E-state index contributed by atoms with van der Waals surface area (Å²) in [4.78, 5) is 22.6. The molecule has 0 saturated heterocycles. The first kappa shape index (κ1) is 22.3. The molecule has 2 atom stereocenters. The Labute approximate surface area is 164 Å². The molecule has 1 aromatic carbocycles. The van der Waals surface area contributed by atoms with Crippen molar-refractivity contribution in [3.05, 3.63) is 33.9 Å². The number of nitro benzene ring substituents is 1. The fraction of sp³-hybridized carbons (Fsp3) is 0.588. The number of nitrogens with one attached hydrogen (secondary N) is 1. The van der Waals surface area contributed by atoms with E-state index in [1.807, 2.05) is 0 Å². The van der Waals surface area contributed by atoms with Gasteiger partial charge in [0.25, 0.3) is 5.69 Å². The van der Waals surface area contributed by atoms with E-state index in [0.717, 1.165) is 12.1 Å². The van der Waals surface area contributed by atoms with E-state index >= 15 is 8.78 Å². The van der Waals surface area contributed by atoms with Crippen molar-refractivity contribution in [1.82, 2.24) is 4.72 Å². The first-order chi connectivity index (χ1) is 12.9. The van der Waals surface area contributed by atoms with Crippen LogP contribution in [0, 0.1) is 10.1 Å². The maximum atomic E-state index is 15.4. The van der Waals surface area contributed by atoms with E-state index in [2.05, 4.69) is 9.46 Å². The van der Waals surface area contributed by atoms with Gasteiger partial charge in [0.15, 0.2) is 5.54 Å². The zero-order valence-electron chi connectivity index (χ0n) is 15.9. The minimum Gasteiger partial charge on any atom is -0.598 e. The molecule has 0 spiro atoms. The summed E-state index contributed by atoms with van der Waals surface area (Å²) < 4.78 is 54.9. The highest BCUT2D eigenvalue weighted by Crippen LogP contribution is 2.49. The maximum Gasteiger partial charge on any atom is 0.379 e. The van der Waals surface area contributed by atoms with Crippen LogP contribution in [0.15, 0.2) is 18.2 Å². The molecule has 0 fully saturated rings. The monoisotopic (exact) mass is 420 g/mol. The largest absolute Gasteiger partial charge is 0.598 e. The summed E-state index contributed by atoms with van der Waals surface area (Å²) in [6.45, 7) is 5.59. The van der Waals surface area contributed by atoms with Gasteiger partial charge in [0.05, 0.1) is 18.1 Å². The Hall–Kier alpha value is -1.98. The van der Waals surface area contributed by atoms with Gasteiger partial charge in [-0.1, -0.05) is 0 Å². The SMILES string of the molecule is CCOC(=O)C(F)(F)C1(N[S@+]([O-])C(C)(C)C)CCOc2ccc([N+](=O)[O-])cc21. The fourth-order valence-electron chi connectivity index (χ4n) is 2.74. The molecule has 0 aromatic heterocycles. The summed E-state index contributed by atoms with van der Waals surface area (Å²) in [5.74, 6) is -6.04. The minimum atomic E-state index is -4.17. The van der Waals surface area contributed by atoms with Crippen molar-refractivity contribution >= 4 is 23.0 Å². The summed E-state index contributed by atoms with van der Waals surface area (Å²) in [7, 11) is 0. The molecule has 1 aromatic rings. The third-order valence-electron chi connectivity index (χ3n) is 4.26. The smallest absolute Gasteiger partial charge is 0.379 e. The highest BCUT2D eigenvalue weighted by molar-refractivity contribution is 7.90. The van der Waals surface area contributed by atoms with Crippen molar-refractivity contribution < 1.29 is 32.5 Å². The number of hydrogen-bond donors (Lipinski definition) is 1. The van der Waals surface area contributed by atoms with E-state index in [-0.39, 0.29) is 24.5 Å². The molecule has 1 aliphatic rings. The highest BCUT2D eigenvalue weighted by Gasteiger charge is 2.66. The van der Waals surface area contributed by atoms with E-state index < -0.39 is 50.6 Å². The second-order valence-electron chi connectivity index (χ2n) is 7.22. The molecule has 0 amide bonds. The van der Waals surface area contributed by atoms with Gasteiger partial charge in [-0.25, -0.2) is 4.79 Å². The molecule has 8 nitrogen and oxygen atoms in total. The quantitative estimate of drug-likeness (QED) is 0.326. The van der Waals surface area contributed by atoms with Crippen LogP contribution < -0.4 is 9.46 Å². The van der Waals surface area contributed by atoms with Gasteiger partial charge in [0.2, 0.25) is 0 Å². The highest BCUT2D eigenvalue weighted by atomic mass is 32.2. The molecule has 1 N–H and O–H groups in total. The number of carbonyl (C=O) groups excluding carboxylic acids is 1. The zero-order chi connectivity index (χ0) is 21.3. The predicted molar refractivity (Wildman–Crippen MR) is 97.5 cm³/mol. The van der Waals surface area contributed by atoms with Crippen LogP contribution in [0.5, 0.6) is 5.75 Å². The number of fused-ring (bicyclic) bond motifs is 1. The van der Waals surface area contributed by atoms with Gasteiger partial charge in [-0.3, -0.25) is 10.1 Å². The van der Waals surface area contributed by atoms with Gasteiger partial charge >= 0.3 is 11.9 Å². The van der Waals surface area contributed by atoms with Gasteiger partial charge in [-0.15, -0.1) is 4.72 Å². The number of hydrogen-bond acceptors (Lipinski definition) is 7. The molecule has 1 aliphatic heterocycles. The number of carbonyl (C=O) groups is 1. The third kappa shape index (κ3) is 3.91. The lowest BCUT2D eigenvalue weighted by Crippen LogP contribution is -2.64.